The summed E-state index contributed by atoms with van der Waals surface area (Å²) in [6, 6.07) is 13.2. The average Bonchev–Trinajstić information content (AvgIpc) is 3.49. The Morgan fingerprint density at radius 3 is 1.54 bits per heavy atom. The van der Waals surface area contributed by atoms with Crippen LogP contribution in [0.5, 0.6) is 5.75 Å². The number of hydrogen-bond acceptors (Lipinski definition) is 11. The predicted molar refractivity (Wildman–Crippen MR) is 217 cm³/mol. The second kappa shape index (κ2) is 20.0. The van der Waals surface area contributed by atoms with Crippen molar-refractivity contribution in [2.24, 2.45) is 11.8 Å². The molecule has 4 fully saturated rings. The van der Waals surface area contributed by atoms with E-state index >= 15 is 0 Å². The van der Waals surface area contributed by atoms with Crippen molar-refractivity contribution in [1.82, 2.24) is 20.4 Å². The van der Waals surface area contributed by atoms with E-state index in [0.29, 0.717) is 56.5 Å². The van der Waals surface area contributed by atoms with Crippen molar-refractivity contribution in [2.75, 3.05) is 25.7 Å². The van der Waals surface area contributed by atoms with Crippen LogP contribution < -0.4 is 10.6 Å². The minimum atomic E-state index is -0.836. The highest BCUT2D eigenvalue weighted by atomic mass is 32.2. The highest BCUT2D eigenvalue weighted by Crippen LogP contribution is 2.36. The van der Waals surface area contributed by atoms with Crippen molar-refractivity contribution in [3.05, 3.63) is 65.7 Å². The monoisotopic (exact) mass is 822 g/mol. The number of nitrogens with one attached hydrogen (secondary N) is 2. The summed E-state index contributed by atoms with van der Waals surface area (Å²) in [5.74, 6) is -2.03. The molecule has 3 N–H and O–H groups in total. The van der Waals surface area contributed by atoms with E-state index in [2.05, 4.69) is 10.6 Å². The van der Waals surface area contributed by atoms with Crippen molar-refractivity contribution >= 4 is 59.1 Å². The number of methoxy groups -OCH3 is 2. The number of amides is 4. The second-order valence-corrected chi connectivity index (χ2v) is 17.9. The van der Waals surface area contributed by atoms with Gasteiger partial charge in [0.05, 0.1) is 25.0 Å². The van der Waals surface area contributed by atoms with Gasteiger partial charge in [-0.05, 0) is 112 Å². The Morgan fingerprint density at radius 2 is 1.11 bits per heavy atom. The second-order valence-electron chi connectivity index (χ2n) is 15.3. The molecule has 4 saturated heterocycles. The molecule has 0 aromatic heterocycles. The zero-order chi connectivity index (χ0) is 40.5. The zero-order valence-corrected chi connectivity index (χ0v) is 34.3. The van der Waals surface area contributed by atoms with Crippen LogP contribution in [0, 0.1) is 11.8 Å². The number of benzene rings is 2. The molecule has 6 rings (SSSR count). The Balaban J connectivity index is 1.21. The first kappa shape index (κ1) is 42.4. The van der Waals surface area contributed by atoms with Crippen LogP contribution in [-0.2, 0) is 51.1 Å². The van der Waals surface area contributed by atoms with Crippen LogP contribution in [-0.4, -0.2) is 111 Å². The van der Waals surface area contributed by atoms with Gasteiger partial charge in [0.25, 0.3) is 0 Å². The number of carbonyl (C=O) groups excluding carboxylic acids is 6. The minimum absolute atomic E-state index is 0.0948. The topological polar surface area (TPSA) is 172 Å². The summed E-state index contributed by atoms with van der Waals surface area (Å²) in [4.78, 5) is 85.5. The molecular weight excluding hydrogens is 769 g/mol. The molecule has 2 aromatic rings. The van der Waals surface area contributed by atoms with Crippen LogP contribution in [0.1, 0.15) is 75.3 Å². The van der Waals surface area contributed by atoms with Crippen LogP contribution in [0.2, 0.25) is 0 Å². The SMILES string of the molecule is COC(=O)C1CCCC2SCCC(NC(=O)C(CCC(Cc3ccc(O)cc3)C(=O)NC3CCSC4CCCC(C(=O)OC)N4C3=O)Cc3ccccc3)C(=O)N21. The van der Waals surface area contributed by atoms with Gasteiger partial charge in [-0.2, -0.15) is 0 Å². The zero-order valence-electron chi connectivity index (χ0n) is 32.6. The number of phenols is 1. The number of nitrogens with zero attached hydrogens (tertiary/aromatic N) is 2. The lowest BCUT2D eigenvalue weighted by molar-refractivity contribution is -0.156. The van der Waals surface area contributed by atoms with E-state index in [1.807, 2.05) is 30.3 Å². The molecule has 4 aliphatic heterocycles. The van der Waals surface area contributed by atoms with Crippen molar-refractivity contribution in [2.45, 2.75) is 112 Å². The lowest BCUT2D eigenvalue weighted by Gasteiger charge is -2.40. The smallest absolute Gasteiger partial charge is 0.328 e. The highest BCUT2D eigenvalue weighted by Gasteiger charge is 2.45. The third-order valence-corrected chi connectivity index (χ3v) is 14.3. The fourth-order valence-electron chi connectivity index (χ4n) is 8.55. The Bertz CT molecular complexity index is 1750. The first-order valence-electron chi connectivity index (χ1n) is 20.0. The Kier molecular flexibility index (Phi) is 14.8. The number of thioether (sulfide) groups is 2. The Hall–Kier alpha value is -4.24. The van der Waals surface area contributed by atoms with Crippen molar-refractivity contribution < 1.29 is 43.3 Å². The summed E-state index contributed by atoms with van der Waals surface area (Å²) in [5, 5.41) is 15.7. The molecule has 0 spiro atoms. The molecule has 4 aliphatic rings. The number of fused-ring (bicyclic) bond motifs is 2. The highest BCUT2D eigenvalue weighted by molar-refractivity contribution is 8.00. The van der Waals surface area contributed by atoms with Gasteiger partial charge in [-0.1, -0.05) is 42.5 Å². The van der Waals surface area contributed by atoms with Crippen LogP contribution in [0.4, 0.5) is 0 Å². The molecule has 13 nitrogen and oxygen atoms in total. The molecule has 4 heterocycles. The fraction of sp³-hybridized carbons (Fsp3) is 0.571. The summed E-state index contributed by atoms with van der Waals surface area (Å²) in [7, 11) is 2.64. The summed E-state index contributed by atoms with van der Waals surface area (Å²) in [6.07, 6.45) is 6.21. The molecule has 57 heavy (non-hydrogen) atoms. The first-order chi connectivity index (χ1) is 27.6. The van der Waals surface area contributed by atoms with E-state index in [1.54, 1.807) is 57.6 Å². The summed E-state index contributed by atoms with van der Waals surface area (Å²) >= 11 is 3.24. The van der Waals surface area contributed by atoms with Crippen molar-refractivity contribution in [3.8, 4) is 5.75 Å². The van der Waals surface area contributed by atoms with Crippen LogP contribution in [0.15, 0.2) is 54.6 Å². The maximum atomic E-state index is 14.3. The molecule has 0 bridgehead atoms. The molecule has 2 aromatic carbocycles. The number of esters is 2. The van der Waals surface area contributed by atoms with Crippen LogP contribution in [0.3, 0.4) is 0 Å². The van der Waals surface area contributed by atoms with Gasteiger partial charge >= 0.3 is 11.9 Å². The van der Waals surface area contributed by atoms with Crippen molar-refractivity contribution in [1.29, 1.82) is 0 Å². The molecule has 308 valence electrons. The molecule has 0 saturated carbocycles. The third kappa shape index (κ3) is 10.4. The maximum absolute atomic E-state index is 14.3. The number of aromatic hydroxyl groups is 1. The van der Waals surface area contributed by atoms with E-state index in [1.165, 1.54) is 14.2 Å². The number of ether oxygens (including phenoxy) is 2. The molecule has 0 radical (unpaired) electrons. The fourth-order valence-corrected chi connectivity index (χ4v) is 11.3. The molecule has 15 heteroatoms. The first-order valence-corrected chi connectivity index (χ1v) is 22.1. The third-order valence-electron chi connectivity index (χ3n) is 11.6. The van der Waals surface area contributed by atoms with Gasteiger partial charge < -0.3 is 35.0 Å². The summed E-state index contributed by atoms with van der Waals surface area (Å²) in [5.41, 5.74) is 1.74. The maximum Gasteiger partial charge on any atom is 0.328 e. The van der Waals surface area contributed by atoms with E-state index in [0.717, 1.165) is 36.8 Å². The molecule has 4 amide bonds. The lowest BCUT2D eigenvalue weighted by Crippen LogP contribution is -2.58. The number of hydrogen-bond donors (Lipinski definition) is 3. The van der Waals surface area contributed by atoms with Gasteiger partial charge in [-0.25, -0.2) is 9.59 Å². The standard InChI is InChI=1S/C42H54N4O9S2/c1-54-41(52)33-10-6-12-35-45(33)39(50)31(20-22-56-35)43-37(48)28(24-26-8-4-3-5-9-26)16-17-29(25-27-14-18-30(47)19-15-27)38(49)44-32-21-23-57-36-13-7-11-34(42(53)55-2)46(36)40(32)51/h3-5,8-9,14-15,18-19,28-29,31-36,47H,6-7,10-13,16-17,20-25H2,1-2H3,(H,43,48)(H,44,49). The number of carbonyl (C=O) groups is 6. The number of piperidine rings is 2. The lowest BCUT2D eigenvalue weighted by atomic mass is 9.86. The van der Waals surface area contributed by atoms with Gasteiger partial charge in [0.2, 0.25) is 23.6 Å². The molecule has 8 unspecified atom stereocenters. The van der Waals surface area contributed by atoms with Crippen LogP contribution >= 0.6 is 23.5 Å². The van der Waals surface area contributed by atoms with Gasteiger partial charge in [-0.3, -0.25) is 19.2 Å². The van der Waals surface area contributed by atoms with Gasteiger partial charge in [0.15, 0.2) is 0 Å². The largest absolute Gasteiger partial charge is 0.508 e. The Labute approximate surface area is 342 Å². The Morgan fingerprint density at radius 1 is 0.667 bits per heavy atom. The molecule has 0 aliphatic carbocycles. The van der Waals surface area contributed by atoms with Crippen molar-refractivity contribution in [3.63, 3.8) is 0 Å². The summed E-state index contributed by atoms with van der Waals surface area (Å²) in [6.45, 7) is 0. The average molecular weight is 823 g/mol. The number of phenolic OH excluding ortho intramolecular Hbond substituents is 1. The summed E-state index contributed by atoms with van der Waals surface area (Å²) < 4.78 is 10.1. The van der Waals surface area contributed by atoms with E-state index < -0.39 is 47.9 Å². The quantitative estimate of drug-likeness (QED) is 0.248. The van der Waals surface area contributed by atoms with Gasteiger partial charge in [0, 0.05) is 11.8 Å². The van der Waals surface area contributed by atoms with Gasteiger partial charge in [-0.15, -0.1) is 23.5 Å². The van der Waals surface area contributed by atoms with Crippen LogP contribution in [0.25, 0.3) is 0 Å². The normalized spacial score (nSPS) is 26.1. The van der Waals surface area contributed by atoms with E-state index in [-0.39, 0.29) is 46.5 Å². The van der Waals surface area contributed by atoms with Gasteiger partial charge in [0.1, 0.15) is 29.9 Å². The predicted octanol–water partition coefficient (Wildman–Crippen LogP) is 4.19. The molecule has 8 atom stereocenters. The minimum Gasteiger partial charge on any atom is -0.508 e. The van der Waals surface area contributed by atoms with E-state index in [4.69, 9.17) is 9.47 Å². The molecular formula is C42H54N4O9S2. The van der Waals surface area contributed by atoms with E-state index in [9.17, 15) is 33.9 Å². The number of rotatable bonds is 13.